The number of aryl methyl sites for hydroxylation is 4. The van der Waals surface area contributed by atoms with E-state index in [1.165, 1.54) is 11.1 Å². The first-order chi connectivity index (χ1) is 17.0. The number of benzene rings is 3. The van der Waals surface area contributed by atoms with Crippen molar-refractivity contribution in [2.75, 3.05) is 20.3 Å². The van der Waals surface area contributed by atoms with Gasteiger partial charge in [0.2, 0.25) is 0 Å². The molecule has 0 fully saturated rings. The Kier molecular flexibility index (Phi) is 8.03. The van der Waals surface area contributed by atoms with Crippen LogP contribution in [0.15, 0.2) is 66.7 Å². The van der Waals surface area contributed by atoms with Gasteiger partial charge in [0.25, 0.3) is 5.91 Å². The molecule has 6 nitrogen and oxygen atoms in total. The van der Waals surface area contributed by atoms with Crippen LogP contribution in [0.1, 0.15) is 40.2 Å². The second-order valence-electron chi connectivity index (χ2n) is 8.79. The number of nitrogens with one attached hydrogen (secondary N) is 1. The Labute approximate surface area is 206 Å². The number of fused-ring (bicyclic) bond motifs is 1. The molecule has 1 N–H and O–H groups in total. The number of ether oxygens (including phenoxy) is 2. The Morgan fingerprint density at radius 1 is 0.943 bits per heavy atom. The van der Waals surface area contributed by atoms with Gasteiger partial charge in [-0.1, -0.05) is 24.3 Å². The number of imidazole rings is 1. The van der Waals surface area contributed by atoms with Crippen LogP contribution in [0, 0.1) is 13.8 Å². The van der Waals surface area contributed by atoms with Crippen molar-refractivity contribution in [2.45, 2.75) is 39.7 Å². The predicted molar refractivity (Wildman–Crippen MR) is 139 cm³/mol. The van der Waals surface area contributed by atoms with Gasteiger partial charge in [0.05, 0.1) is 24.8 Å². The average molecular weight is 472 g/mol. The number of hydrogen-bond donors (Lipinski definition) is 1. The van der Waals surface area contributed by atoms with Gasteiger partial charge in [0.1, 0.15) is 17.3 Å². The molecule has 4 rings (SSSR count). The topological polar surface area (TPSA) is 65.4 Å². The average Bonchev–Trinajstić information content (AvgIpc) is 3.21. The molecule has 0 aliphatic carbocycles. The summed E-state index contributed by atoms with van der Waals surface area (Å²) in [6, 6.07) is 21.7. The molecule has 0 radical (unpaired) electrons. The molecule has 3 aromatic carbocycles. The van der Waals surface area contributed by atoms with Crippen molar-refractivity contribution in [2.24, 2.45) is 0 Å². The van der Waals surface area contributed by atoms with Crippen LogP contribution >= 0.6 is 0 Å². The van der Waals surface area contributed by atoms with Crippen molar-refractivity contribution in [1.82, 2.24) is 14.9 Å². The summed E-state index contributed by atoms with van der Waals surface area (Å²) in [5, 5.41) is 3.00. The molecule has 0 spiro atoms. The van der Waals surface area contributed by atoms with Crippen LogP contribution in [0.2, 0.25) is 0 Å². The van der Waals surface area contributed by atoms with Gasteiger partial charge in [-0.25, -0.2) is 4.98 Å². The molecule has 0 bridgehead atoms. The first-order valence-corrected chi connectivity index (χ1v) is 12.1. The highest BCUT2D eigenvalue weighted by molar-refractivity contribution is 5.94. The van der Waals surface area contributed by atoms with Gasteiger partial charge in [-0.05, 0) is 80.3 Å². The zero-order chi connectivity index (χ0) is 24.6. The third kappa shape index (κ3) is 6.41. The summed E-state index contributed by atoms with van der Waals surface area (Å²) in [5.74, 6) is 2.53. The number of para-hydroxylation sites is 2. The fourth-order valence-corrected chi connectivity index (χ4v) is 4.31. The molecule has 6 heteroatoms. The predicted octanol–water partition coefficient (Wildman–Crippen LogP) is 5.49. The van der Waals surface area contributed by atoms with Gasteiger partial charge in [-0.2, -0.15) is 0 Å². The lowest BCUT2D eigenvalue weighted by molar-refractivity contribution is 0.0952. The maximum absolute atomic E-state index is 12.5. The normalized spacial score (nSPS) is 10.9. The Morgan fingerprint density at radius 3 is 2.54 bits per heavy atom. The summed E-state index contributed by atoms with van der Waals surface area (Å²) in [7, 11) is 1.60. The number of nitrogens with zero attached hydrogens (tertiary/aromatic N) is 2. The van der Waals surface area contributed by atoms with Crippen molar-refractivity contribution in [3.63, 3.8) is 0 Å². The van der Waals surface area contributed by atoms with Gasteiger partial charge in [0.15, 0.2) is 0 Å². The first-order valence-electron chi connectivity index (χ1n) is 12.1. The lowest BCUT2D eigenvalue weighted by atomic mass is 10.1. The molecule has 0 aliphatic heterocycles. The Hall–Kier alpha value is -3.80. The van der Waals surface area contributed by atoms with Crippen molar-refractivity contribution in [3.05, 3.63) is 89.2 Å². The van der Waals surface area contributed by atoms with Gasteiger partial charge in [-0.3, -0.25) is 4.79 Å². The number of rotatable bonds is 11. The van der Waals surface area contributed by atoms with E-state index in [0.29, 0.717) is 24.5 Å². The fourth-order valence-electron chi connectivity index (χ4n) is 4.31. The molecule has 0 atom stereocenters. The second kappa shape index (κ2) is 11.6. The molecule has 1 amide bonds. The van der Waals surface area contributed by atoms with Crippen LogP contribution < -0.4 is 14.8 Å². The summed E-state index contributed by atoms with van der Waals surface area (Å²) in [4.78, 5) is 17.3. The summed E-state index contributed by atoms with van der Waals surface area (Å²) in [5.41, 5.74) is 5.15. The molecule has 0 aliphatic rings. The van der Waals surface area contributed by atoms with Gasteiger partial charge in [0, 0.05) is 25.1 Å². The number of amides is 1. The van der Waals surface area contributed by atoms with Crippen molar-refractivity contribution in [1.29, 1.82) is 0 Å². The molecule has 0 unspecified atom stereocenters. The van der Waals surface area contributed by atoms with E-state index in [0.717, 1.165) is 48.4 Å². The molecule has 1 aromatic heterocycles. The lowest BCUT2D eigenvalue weighted by Gasteiger charge is -2.12. The Balaban J connectivity index is 1.33. The SMILES string of the molecule is COc1cccc(C(=O)NCCCc2nc3ccccc3n2CCCOc2cc(C)cc(C)c2)c1. The van der Waals surface area contributed by atoms with Gasteiger partial charge in [-0.15, -0.1) is 0 Å². The highest BCUT2D eigenvalue weighted by Crippen LogP contribution is 2.19. The number of carbonyl (C=O) groups is 1. The minimum Gasteiger partial charge on any atom is -0.497 e. The summed E-state index contributed by atoms with van der Waals surface area (Å²) in [6.45, 7) is 6.23. The van der Waals surface area contributed by atoms with Crippen molar-refractivity contribution < 1.29 is 14.3 Å². The van der Waals surface area contributed by atoms with Crippen LogP contribution in [-0.2, 0) is 13.0 Å². The van der Waals surface area contributed by atoms with E-state index in [4.69, 9.17) is 14.5 Å². The zero-order valence-electron chi connectivity index (χ0n) is 20.7. The van der Waals surface area contributed by atoms with Gasteiger partial charge >= 0.3 is 0 Å². The smallest absolute Gasteiger partial charge is 0.251 e. The van der Waals surface area contributed by atoms with E-state index in [1.807, 2.05) is 30.3 Å². The molecular weight excluding hydrogens is 438 g/mol. The van der Waals surface area contributed by atoms with Gasteiger partial charge < -0.3 is 19.4 Å². The fraction of sp³-hybridized carbons (Fsp3) is 0.310. The molecule has 35 heavy (non-hydrogen) atoms. The third-order valence-corrected chi connectivity index (χ3v) is 5.92. The Bertz CT molecular complexity index is 1280. The number of methoxy groups -OCH3 is 1. The molecule has 1 heterocycles. The minimum atomic E-state index is -0.0964. The minimum absolute atomic E-state index is 0.0964. The largest absolute Gasteiger partial charge is 0.497 e. The number of aromatic nitrogens is 2. The summed E-state index contributed by atoms with van der Waals surface area (Å²) >= 11 is 0. The zero-order valence-corrected chi connectivity index (χ0v) is 20.7. The third-order valence-electron chi connectivity index (χ3n) is 5.92. The Morgan fingerprint density at radius 2 is 1.74 bits per heavy atom. The van der Waals surface area contributed by atoms with E-state index < -0.39 is 0 Å². The van der Waals surface area contributed by atoms with Crippen LogP contribution in [0.4, 0.5) is 0 Å². The van der Waals surface area contributed by atoms with Crippen LogP contribution in [-0.4, -0.2) is 35.7 Å². The van der Waals surface area contributed by atoms with E-state index in [2.05, 4.69) is 48.0 Å². The van der Waals surface area contributed by atoms with Crippen LogP contribution in [0.25, 0.3) is 11.0 Å². The standard InChI is InChI=1S/C29H33N3O3/c1-21-17-22(2)19-25(18-21)35-16-8-15-32-27-12-5-4-11-26(27)31-28(32)13-7-14-30-29(33)23-9-6-10-24(20-23)34-3/h4-6,9-12,17-20H,7-8,13-16H2,1-3H3,(H,30,33). The van der Waals surface area contributed by atoms with Crippen molar-refractivity contribution >= 4 is 16.9 Å². The maximum Gasteiger partial charge on any atom is 0.251 e. The molecule has 4 aromatic rings. The quantitative estimate of drug-likeness (QED) is 0.294. The van der Waals surface area contributed by atoms with Crippen LogP contribution in [0.3, 0.4) is 0 Å². The second-order valence-corrected chi connectivity index (χ2v) is 8.79. The van der Waals surface area contributed by atoms with E-state index in [9.17, 15) is 4.79 Å². The van der Waals surface area contributed by atoms with Crippen molar-refractivity contribution in [3.8, 4) is 11.5 Å². The summed E-state index contributed by atoms with van der Waals surface area (Å²) < 4.78 is 13.5. The number of hydrogen-bond acceptors (Lipinski definition) is 4. The molecule has 0 saturated carbocycles. The van der Waals surface area contributed by atoms with E-state index in [1.54, 1.807) is 19.2 Å². The van der Waals surface area contributed by atoms with Crippen LogP contribution in [0.5, 0.6) is 11.5 Å². The highest BCUT2D eigenvalue weighted by Gasteiger charge is 2.11. The molecular formula is C29H33N3O3. The van der Waals surface area contributed by atoms with E-state index >= 15 is 0 Å². The monoisotopic (exact) mass is 471 g/mol. The lowest BCUT2D eigenvalue weighted by Crippen LogP contribution is -2.25. The highest BCUT2D eigenvalue weighted by atomic mass is 16.5. The maximum atomic E-state index is 12.5. The number of carbonyl (C=O) groups excluding carboxylic acids is 1. The molecule has 182 valence electrons. The van der Waals surface area contributed by atoms with E-state index in [-0.39, 0.29) is 5.91 Å². The summed E-state index contributed by atoms with van der Waals surface area (Å²) in [6.07, 6.45) is 2.47. The molecule has 0 saturated heterocycles. The first kappa shape index (κ1) is 24.3.